The molecule has 1 aromatic heterocycles. The van der Waals surface area contributed by atoms with Gasteiger partial charge in [0.05, 0.1) is 0 Å². The lowest BCUT2D eigenvalue weighted by molar-refractivity contribution is -0.113. The van der Waals surface area contributed by atoms with Crippen LogP contribution in [0, 0.1) is 11.6 Å². The molecule has 0 unspecified atom stereocenters. The van der Waals surface area contributed by atoms with E-state index in [4.69, 9.17) is 0 Å². The van der Waals surface area contributed by atoms with Crippen molar-refractivity contribution in [3.63, 3.8) is 0 Å². The molecule has 2 heterocycles. The summed E-state index contributed by atoms with van der Waals surface area (Å²) < 4.78 is 27.2. The molecule has 0 spiro atoms. The summed E-state index contributed by atoms with van der Waals surface area (Å²) in [5, 5.41) is 0. The molecule has 1 aliphatic heterocycles. The van der Waals surface area contributed by atoms with Crippen molar-refractivity contribution in [2.45, 2.75) is 0 Å². The number of halogens is 2. The normalized spacial score (nSPS) is 19.2. The van der Waals surface area contributed by atoms with Crippen LogP contribution in [0.4, 0.5) is 8.78 Å². The summed E-state index contributed by atoms with van der Waals surface area (Å²) in [7, 11) is 1.88. The van der Waals surface area contributed by atoms with Crippen molar-refractivity contribution >= 4 is 17.9 Å². The third kappa shape index (κ3) is 3.63. The van der Waals surface area contributed by atoms with Gasteiger partial charge in [0.2, 0.25) is 0 Å². The van der Waals surface area contributed by atoms with Gasteiger partial charge >= 0.3 is 0 Å². The number of Topliss-reactive ketones (excluding diaryl/α,β-unsaturated/α-hetero) is 1. The van der Waals surface area contributed by atoms with Gasteiger partial charge in [-0.25, -0.2) is 8.78 Å². The first-order valence-corrected chi connectivity index (χ1v) is 7.52. The Morgan fingerprint density at radius 2 is 1.71 bits per heavy atom. The number of pyridine rings is 1. The van der Waals surface area contributed by atoms with Crippen LogP contribution in [0.3, 0.4) is 0 Å². The van der Waals surface area contributed by atoms with Crippen molar-refractivity contribution in [2.75, 3.05) is 20.1 Å². The van der Waals surface area contributed by atoms with Gasteiger partial charge in [0.1, 0.15) is 11.6 Å². The molecular formula is C19H16F2N2O. The minimum Gasteiger partial charge on any atom is -0.298 e. The average molecular weight is 326 g/mol. The van der Waals surface area contributed by atoms with Crippen molar-refractivity contribution < 1.29 is 13.6 Å². The highest BCUT2D eigenvalue weighted by atomic mass is 19.1. The van der Waals surface area contributed by atoms with E-state index in [0.29, 0.717) is 24.2 Å². The molecule has 24 heavy (non-hydrogen) atoms. The molecule has 0 radical (unpaired) electrons. The van der Waals surface area contributed by atoms with Crippen LogP contribution in [0.5, 0.6) is 0 Å². The zero-order chi connectivity index (χ0) is 17.1. The van der Waals surface area contributed by atoms with E-state index in [1.165, 1.54) is 6.08 Å². The summed E-state index contributed by atoms with van der Waals surface area (Å²) >= 11 is 0. The van der Waals surface area contributed by atoms with Gasteiger partial charge < -0.3 is 0 Å². The zero-order valence-corrected chi connectivity index (χ0v) is 13.2. The maximum Gasteiger partial charge on any atom is 0.187 e. The van der Waals surface area contributed by atoms with Crippen LogP contribution in [0.1, 0.15) is 11.1 Å². The van der Waals surface area contributed by atoms with Gasteiger partial charge in [-0.3, -0.25) is 14.7 Å². The van der Waals surface area contributed by atoms with E-state index in [1.807, 2.05) is 24.1 Å². The highest BCUT2D eigenvalue weighted by molar-refractivity contribution is 6.14. The molecular weight excluding hydrogens is 310 g/mol. The first-order chi connectivity index (χ1) is 11.5. The molecule has 0 aliphatic carbocycles. The number of carbonyl (C=O) groups excluding carboxylic acids is 1. The van der Waals surface area contributed by atoms with E-state index in [9.17, 15) is 13.6 Å². The van der Waals surface area contributed by atoms with Crippen LogP contribution in [0.25, 0.3) is 12.2 Å². The standard InChI is InChI=1S/C19H16F2N2O/c1-23-11-15(8-13-4-6-22-7-5-13)19(24)16(12-23)9-14-10-17(20)2-3-18(14)21/h2-10H,11-12H2,1H3/b15-8?,16-9+. The third-order valence-corrected chi connectivity index (χ3v) is 3.80. The highest BCUT2D eigenvalue weighted by Crippen LogP contribution is 2.22. The quantitative estimate of drug-likeness (QED) is 0.794. The Kier molecular flexibility index (Phi) is 4.62. The van der Waals surface area contributed by atoms with Crippen LogP contribution in [0.2, 0.25) is 0 Å². The number of piperidine rings is 1. The fraction of sp³-hybridized carbons (Fsp3) is 0.158. The summed E-state index contributed by atoms with van der Waals surface area (Å²) in [6, 6.07) is 6.83. The summed E-state index contributed by atoms with van der Waals surface area (Å²) in [5.74, 6) is -1.23. The van der Waals surface area contributed by atoms with Gasteiger partial charge in [-0.15, -0.1) is 0 Å². The Morgan fingerprint density at radius 1 is 1.04 bits per heavy atom. The number of aromatic nitrogens is 1. The molecule has 1 saturated heterocycles. The van der Waals surface area contributed by atoms with Crippen LogP contribution in [-0.2, 0) is 4.79 Å². The first kappa shape index (κ1) is 16.2. The van der Waals surface area contributed by atoms with E-state index in [0.717, 1.165) is 23.8 Å². The minimum atomic E-state index is -0.551. The summed E-state index contributed by atoms with van der Waals surface area (Å²) in [5.41, 5.74) is 2.00. The number of hydrogen-bond acceptors (Lipinski definition) is 3. The van der Waals surface area contributed by atoms with Crippen LogP contribution in [0.15, 0.2) is 53.9 Å². The lowest BCUT2D eigenvalue weighted by Crippen LogP contribution is -2.34. The zero-order valence-electron chi connectivity index (χ0n) is 13.2. The Bertz CT molecular complexity index is 829. The molecule has 5 heteroatoms. The van der Waals surface area contributed by atoms with Crippen LogP contribution < -0.4 is 0 Å². The number of benzene rings is 1. The number of nitrogens with zero attached hydrogens (tertiary/aromatic N) is 2. The third-order valence-electron chi connectivity index (χ3n) is 3.80. The monoisotopic (exact) mass is 326 g/mol. The lowest BCUT2D eigenvalue weighted by Gasteiger charge is -2.26. The molecule has 0 amide bonds. The SMILES string of the molecule is CN1CC(=Cc2ccncc2)C(=O)/C(=C/c2cc(F)ccc2F)C1. The minimum absolute atomic E-state index is 0.0805. The van der Waals surface area contributed by atoms with E-state index in [2.05, 4.69) is 4.98 Å². The lowest BCUT2D eigenvalue weighted by atomic mass is 9.94. The Labute approximate surface area is 138 Å². The number of likely N-dealkylation sites (tertiary alicyclic amines) is 1. The Balaban J connectivity index is 1.97. The van der Waals surface area contributed by atoms with Crippen LogP contribution in [-0.4, -0.2) is 35.8 Å². The van der Waals surface area contributed by atoms with Gasteiger partial charge in [0, 0.05) is 42.2 Å². The molecule has 0 atom stereocenters. The number of rotatable bonds is 2. The number of carbonyl (C=O) groups is 1. The second-order valence-corrected chi connectivity index (χ2v) is 5.79. The molecule has 3 rings (SSSR count). The maximum atomic E-state index is 13.8. The van der Waals surface area contributed by atoms with E-state index < -0.39 is 11.6 Å². The van der Waals surface area contributed by atoms with Gasteiger partial charge in [-0.1, -0.05) is 0 Å². The molecule has 0 bridgehead atoms. The second-order valence-electron chi connectivity index (χ2n) is 5.79. The van der Waals surface area contributed by atoms with Crippen molar-refractivity contribution in [1.29, 1.82) is 0 Å². The van der Waals surface area contributed by atoms with Gasteiger partial charge in [-0.05, 0) is 55.1 Å². The predicted molar refractivity (Wildman–Crippen MR) is 89.1 cm³/mol. The predicted octanol–water partition coefficient (Wildman–Crippen LogP) is 3.34. The molecule has 2 aromatic rings. The molecule has 1 aromatic carbocycles. The van der Waals surface area contributed by atoms with Gasteiger partial charge in [0.15, 0.2) is 5.78 Å². The van der Waals surface area contributed by atoms with Crippen LogP contribution >= 0.6 is 0 Å². The Morgan fingerprint density at radius 3 is 2.42 bits per heavy atom. The molecule has 0 N–H and O–H groups in total. The number of likely N-dealkylation sites (N-methyl/N-ethyl adjacent to an activating group) is 1. The van der Waals surface area contributed by atoms with Gasteiger partial charge in [0.25, 0.3) is 0 Å². The van der Waals surface area contributed by atoms with Crippen molar-refractivity contribution in [3.8, 4) is 0 Å². The largest absolute Gasteiger partial charge is 0.298 e. The summed E-state index contributed by atoms with van der Waals surface area (Å²) in [6.07, 6.45) is 6.54. The van der Waals surface area contributed by atoms with Gasteiger partial charge in [-0.2, -0.15) is 0 Å². The van der Waals surface area contributed by atoms with Crippen molar-refractivity contribution in [2.24, 2.45) is 0 Å². The number of ketones is 1. The fourth-order valence-electron chi connectivity index (χ4n) is 2.68. The highest BCUT2D eigenvalue weighted by Gasteiger charge is 2.24. The summed E-state index contributed by atoms with van der Waals surface area (Å²) in [4.78, 5) is 18.6. The molecule has 1 aliphatic rings. The molecule has 122 valence electrons. The first-order valence-electron chi connectivity index (χ1n) is 7.52. The summed E-state index contributed by atoms with van der Waals surface area (Å²) in [6.45, 7) is 0.895. The van der Waals surface area contributed by atoms with E-state index in [1.54, 1.807) is 18.5 Å². The van der Waals surface area contributed by atoms with E-state index >= 15 is 0 Å². The smallest absolute Gasteiger partial charge is 0.187 e. The Hall–Kier alpha value is -2.66. The van der Waals surface area contributed by atoms with E-state index in [-0.39, 0.29) is 11.3 Å². The molecule has 3 nitrogen and oxygen atoms in total. The maximum absolute atomic E-state index is 13.8. The second kappa shape index (κ2) is 6.84. The fourth-order valence-corrected chi connectivity index (χ4v) is 2.68. The van der Waals surface area contributed by atoms with Crippen molar-refractivity contribution in [1.82, 2.24) is 9.88 Å². The topological polar surface area (TPSA) is 33.2 Å². The average Bonchev–Trinajstić information content (AvgIpc) is 2.56. The number of hydrogen-bond donors (Lipinski definition) is 0. The molecule has 0 saturated carbocycles. The van der Waals surface area contributed by atoms with Crippen molar-refractivity contribution in [3.05, 3.63) is 76.6 Å². The molecule has 1 fully saturated rings.